The average Bonchev–Trinajstić information content (AvgIpc) is 3.40. The van der Waals surface area contributed by atoms with Crippen LogP contribution in [-0.2, 0) is 10.3 Å². The van der Waals surface area contributed by atoms with Crippen LogP contribution in [0, 0.1) is 6.92 Å². The van der Waals surface area contributed by atoms with Crippen LogP contribution in [0.5, 0.6) is 0 Å². The van der Waals surface area contributed by atoms with Crippen molar-refractivity contribution in [2.75, 3.05) is 56.7 Å². The number of aryl methyl sites for hydroxylation is 1. The first-order valence-corrected chi connectivity index (χ1v) is 14.7. The second-order valence-electron chi connectivity index (χ2n) is 11.9. The van der Waals surface area contributed by atoms with Crippen molar-refractivity contribution in [3.8, 4) is 0 Å². The Hall–Kier alpha value is -3.99. The molecule has 2 N–H and O–H groups in total. The number of fused-ring (bicyclic) bond motifs is 3. The number of carbonyl (C=O) groups is 1. The molecule has 4 aromatic rings. The first-order chi connectivity index (χ1) is 20.4. The van der Waals surface area contributed by atoms with E-state index in [2.05, 4.69) is 52.4 Å². The number of likely N-dealkylation sites (N-methyl/N-ethyl adjacent to an activating group) is 1. The quantitative estimate of drug-likeness (QED) is 0.379. The molecule has 0 saturated carbocycles. The molecule has 5 heterocycles. The third-order valence-corrected chi connectivity index (χ3v) is 9.17. The number of anilines is 3. The molecular weight excluding hydrogens is 530 g/mol. The van der Waals surface area contributed by atoms with Gasteiger partial charge in [-0.2, -0.15) is 4.98 Å². The Balaban J connectivity index is 1.03. The number of hydrogen-bond donors (Lipinski definition) is 2. The molecule has 2 bridgehead atoms. The van der Waals surface area contributed by atoms with Gasteiger partial charge in [0.05, 0.1) is 36.6 Å². The van der Waals surface area contributed by atoms with Crippen molar-refractivity contribution in [3.05, 3.63) is 83.6 Å². The topological polar surface area (TPSA) is 98.5 Å². The summed E-state index contributed by atoms with van der Waals surface area (Å²) in [7, 11) is 2.12. The Morgan fingerprint density at radius 2 is 1.69 bits per heavy atom. The number of ether oxygens (including phenoxy) is 1. The van der Waals surface area contributed by atoms with Crippen molar-refractivity contribution in [1.29, 1.82) is 0 Å². The fourth-order valence-electron chi connectivity index (χ4n) is 6.46. The summed E-state index contributed by atoms with van der Waals surface area (Å²) in [6.45, 7) is 6.20. The maximum Gasteiger partial charge on any atom is 0.253 e. The third-order valence-electron chi connectivity index (χ3n) is 9.17. The lowest BCUT2D eigenvalue weighted by molar-refractivity contribution is -0.0776. The normalized spacial score (nSPS) is 22.4. The van der Waals surface area contributed by atoms with Crippen LogP contribution >= 0.6 is 0 Å². The summed E-state index contributed by atoms with van der Waals surface area (Å²) in [5.41, 5.74) is 4.59. The van der Waals surface area contributed by atoms with Crippen LogP contribution < -0.4 is 10.2 Å². The van der Waals surface area contributed by atoms with E-state index in [1.165, 1.54) is 5.56 Å². The van der Waals surface area contributed by atoms with E-state index in [-0.39, 0.29) is 18.0 Å². The maximum absolute atomic E-state index is 13.2. The summed E-state index contributed by atoms with van der Waals surface area (Å²) in [4.78, 5) is 24.6. The van der Waals surface area contributed by atoms with Gasteiger partial charge in [-0.15, -0.1) is 5.10 Å². The highest BCUT2D eigenvalue weighted by atomic mass is 16.5. The van der Waals surface area contributed by atoms with E-state index in [0.717, 1.165) is 35.7 Å². The molecule has 0 spiro atoms. The summed E-state index contributed by atoms with van der Waals surface area (Å²) in [6, 6.07) is 20.2. The van der Waals surface area contributed by atoms with E-state index < -0.39 is 5.60 Å². The number of amides is 1. The van der Waals surface area contributed by atoms with Gasteiger partial charge < -0.3 is 25.0 Å². The average molecular weight is 568 g/mol. The van der Waals surface area contributed by atoms with E-state index in [1.807, 2.05) is 53.6 Å². The molecule has 42 heavy (non-hydrogen) atoms. The van der Waals surface area contributed by atoms with E-state index in [0.29, 0.717) is 50.7 Å². The van der Waals surface area contributed by atoms with Crippen molar-refractivity contribution in [3.63, 3.8) is 0 Å². The smallest absolute Gasteiger partial charge is 0.253 e. The Kier molecular flexibility index (Phi) is 6.84. The zero-order chi connectivity index (χ0) is 28.8. The number of pyridine rings is 1. The van der Waals surface area contributed by atoms with Gasteiger partial charge in [0.25, 0.3) is 5.91 Å². The maximum atomic E-state index is 13.2. The molecular formula is C32H37N7O3. The Morgan fingerprint density at radius 1 is 1.00 bits per heavy atom. The number of hydrogen-bond acceptors (Lipinski definition) is 8. The van der Waals surface area contributed by atoms with Gasteiger partial charge in [-0.05, 0) is 68.8 Å². The van der Waals surface area contributed by atoms with Gasteiger partial charge in [-0.1, -0.05) is 29.8 Å². The van der Waals surface area contributed by atoms with Gasteiger partial charge in [0, 0.05) is 43.6 Å². The van der Waals surface area contributed by atoms with Gasteiger partial charge in [-0.3, -0.25) is 9.69 Å². The molecule has 3 aliphatic rings. The summed E-state index contributed by atoms with van der Waals surface area (Å²) in [5, 5.41) is 19.3. The lowest BCUT2D eigenvalue weighted by atomic mass is 9.84. The number of nitrogens with one attached hydrogen (secondary N) is 1. The minimum Gasteiger partial charge on any atom is -0.385 e. The standard InChI is InChI=1S/C32H37N7O3/c1-22-5-9-24(10-6-22)32(41)13-16-37(17-14-32)28-4-3-15-39-29(28)34-31(35-39)33-25-11-7-23(8-12-25)30(40)38-18-26-20-42-21-27(19-38)36(26)2/h3-12,15,26-27,41H,13-14,16-21H2,1-2H3,(H,33,35). The molecule has 2 aromatic heterocycles. The van der Waals surface area contributed by atoms with Gasteiger partial charge in [-0.25, -0.2) is 4.52 Å². The van der Waals surface area contributed by atoms with Gasteiger partial charge in [0.2, 0.25) is 5.95 Å². The second kappa shape index (κ2) is 10.7. The summed E-state index contributed by atoms with van der Waals surface area (Å²) in [6.07, 6.45) is 3.18. The number of aromatic nitrogens is 3. The summed E-state index contributed by atoms with van der Waals surface area (Å²) < 4.78 is 7.47. The van der Waals surface area contributed by atoms with Crippen molar-refractivity contribution in [2.24, 2.45) is 0 Å². The number of aliphatic hydroxyl groups is 1. The van der Waals surface area contributed by atoms with Crippen LogP contribution in [-0.4, -0.2) is 93.9 Å². The largest absolute Gasteiger partial charge is 0.385 e. The molecule has 218 valence electrons. The van der Waals surface area contributed by atoms with E-state index in [4.69, 9.17) is 9.72 Å². The molecule has 3 saturated heterocycles. The van der Waals surface area contributed by atoms with E-state index >= 15 is 0 Å². The van der Waals surface area contributed by atoms with Crippen LogP contribution in [0.2, 0.25) is 0 Å². The minimum atomic E-state index is -0.819. The highest BCUT2D eigenvalue weighted by molar-refractivity contribution is 5.94. The fraction of sp³-hybridized carbons (Fsp3) is 0.406. The summed E-state index contributed by atoms with van der Waals surface area (Å²) >= 11 is 0. The van der Waals surface area contributed by atoms with Gasteiger partial charge in [0.1, 0.15) is 0 Å². The molecule has 10 nitrogen and oxygen atoms in total. The molecule has 3 aliphatic heterocycles. The highest BCUT2D eigenvalue weighted by Crippen LogP contribution is 2.35. The van der Waals surface area contributed by atoms with Crippen LogP contribution in [0.4, 0.5) is 17.3 Å². The Labute approximate surface area is 245 Å². The third kappa shape index (κ3) is 4.99. The fourth-order valence-corrected chi connectivity index (χ4v) is 6.46. The minimum absolute atomic E-state index is 0.0536. The first kappa shape index (κ1) is 26.9. The Bertz CT molecular complexity index is 1560. The van der Waals surface area contributed by atoms with E-state index in [1.54, 1.807) is 4.52 Å². The number of morpholine rings is 1. The van der Waals surface area contributed by atoms with Gasteiger partial charge in [0.15, 0.2) is 5.65 Å². The van der Waals surface area contributed by atoms with Crippen molar-refractivity contribution in [1.82, 2.24) is 24.4 Å². The number of nitrogens with zero attached hydrogens (tertiary/aromatic N) is 6. The van der Waals surface area contributed by atoms with Crippen molar-refractivity contribution < 1.29 is 14.6 Å². The van der Waals surface area contributed by atoms with E-state index in [9.17, 15) is 9.90 Å². The molecule has 3 fully saturated rings. The molecule has 2 unspecified atom stereocenters. The number of piperidine rings is 1. The number of piperazine rings is 1. The van der Waals surface area contributed by atoms with Gasteiger partial charge >= 0.3 is 0 Å². The van der Waals surface area contributed by atoms with Crippen LogP contribution in [0.1, 0.15) is 34.3 Å². The lowest BCUT2D eigenvalue weighted by Gasteiger charge is -2.48. The molecule has 0 radical (unpaired) electrons. The molecule has 2 atom stereocenters. The molecule has 2 aromatic carbocycles. The molecule has 0 aliphatic carbocycles. The van der Waals surface area contributed by atoms with Crippen LogP contribution in [0.25, 0.3) is 5.65 Å². The van der Waals surface area contributed by atoms with Crippen molar-refractivity contribution >= 4 is 28.9 Å². The predicted octanol–water partition coefficient (Wildman–Crippen LogP) is 3.42. The first-order valence-electron chi connectivity index (χ1n) is 14.7. The zero-order valence-corrected chi connectivity index (χ0v) is 24.1. The lowest BCUT2D eigenvalue weighted by Crippen LogP contribution is -2.64. The molecule has 7 rings (SSSR count). The van der Waals surface area contributed by atoms with Crippen LogP contribution in [0.3, 0.4) is 0 Å². The highest BCUT2D eigenvalue weighted by Gasteiger charge is 2.38. The zero-order valence-electron chi connectivity index (χ0n) is 24.1. The summed E-state index contributed by atoms with van der Waals surface area (Å²) in [5.74, 6) is 0.541. The SMILES string of the molecule is Cc1ccc(C2(O)CCN(c3cccn4nc(Nc5ccc(C(=O)N6CC7COCC(C6)N7C)cc5)nc34)CC2)cc1. The predicted molar refractivity (Wildman–Crippen MR) is 161 cm³/mol. The van der Waals surface area contributed by atoms with Crippen molar-refractivity contribution in [2.45, 2.75) is 37.5 Å². The number of benzene rings is 2. The monoisotopic (exact) mass is 567 g/mol. The Morgan fingerprint density at radius 3 is 2.38 bits per heavy atom. The molecule has 10 heteroatoms. The molecule has 1 amide bonds. The number of rotatable bonds is 5. The number of carbonyl (C=O) groups excluding carboxylic acids is 1. The second-order valence-corrected chi connectivity index (χ2v) is 11.9. The van der Waals surface area contributed by atoms with Crippen LogP contribution in [0.15, 0.2) is 66.9 Å².